The minimum atomic E-state index is -0.234. The van der Waals surface area contributed by atoms with Crippen molar-refractivity contribution in [3.8, 4) is 11.4 Å². The second-order valence-electron chi connectivity index (χ2n) is 7.80. The van der Waals surface area contributed by atoms with E-state index in [9.17, 15) is 9.59 Å². The van der Waals surface area contributed by atoms with Crippen LogP contribution in [0.15, 0.2) is 84.0 Å². The molecule has 2 amide bonds. The molecule has 37 heavy (non-hydrogen) atoms. The predicted octanol–water partition coefficient (Wildman–Crippen LogP) is 6.65. The molecular formula is C27H23Cl2N5O2S. The van der Waals surface area contributed by atoms with E-state index in [4.69, 9.17) is 23.2 Å². The van der Waals surface area contributed by atoms with E-state index in [1.807, 2.05) is 66.1 Å². The van der Waals surface area contributed by atoms with E-state index in [-0.39, 0.29) is 17.6 Å². The number of anilines is 2. The van der Waals surface area contributed by atoms with Crippen LogP contribution >= 0.6 is 35.0 Å². The maximum absolute atomic E-state index is 12.4. The lowest BCUT2D eigenvalue weighted by Gasteiger charge is -2.09. The summed E-state index contributed by atoms with van der Waals surface area (Å²) in [6.07, 6.45) is 3.26. The highest BCUT2D eigenvalue weighted by molar-refractivity contribution is 7.99. The number of nitrogens with zero attached hydrogens (tertiary/aromatic N) is 3. The van der Waals surface area contributed by atoms with E-state index < -0.39 is 0 Å². The molecule has 0 aliphatic carbocycles. The second kappa shape index (κ2) is 12.6. The molecule has 0 aliphatic rings. The molecule has 4 rings (SSSR count). The summed E-state index contributed by atoms with van der Waals surface area (Å²) < 4.78 is 1.93. The van der Waals surface area contributed by atoms with Gasteiger partial charge in [0.25, 0.3) is 0 Å². The number of hydrogen-bond donors (Lipinski definition) is 2. The number of nitrogens with one attached hydrogen (secondary N) is 2. The van der Waals surface area contributed by atoms with Crippen molar-refractivity contribution in [2.45, 2.75) is 18.6 Å². The molecule has 0 unspecified atom stereocenters. The van der Waals surface area contributed by atoms with Crippen molar-refractivity contribution in [3.63, 3.8) is 0 Å². The third kappa shape index (κ3) is 7.01. The first-order valence-corrected chi connectivity index (χ1v) is 13.1. The van der Waals surface area contributed by atoms with Gasteiger partial charge in [-0.3, -0.25) is 9.59 Å². The first-order chi connectivity index (χ1) is 17.9. The zero-order valence-corrected chi connectivity index (χ0v) is 22.1. The molecule has 0 saturated carbocycles. The third-order valence-electron chi connectivity index (χ3n) is 5.23. The van der Waals surface area contributed by atoms with Crippen molar-refractivity contribution in [1.29, 1.82) is 0 Å². The van der Waals surface area contributed by atoms with Crippen molar-refractivity contribution in [2.24, 2.45) is 0 Å². The van der Waals surface area contributed by atoms with E-state index in [0.717, 1.165) is 11.1 Å². The molecule has 2 N–H and O–H groups in total. The van der Waals surface area contributed by atoms with Gasteiger partial charge in [-0.15, -0.1) is 10.2 Å². The molecule has 0 spiro atoms. The Hall–Kier alpha value is -3.59. The van der Waals surface area contributed by atoms with Crippen LogP contribution in [0.25, 0.3) is 17.5 Å². The zero-order valence-electron chi connectivity index (χ0n) is 19.8. The minimum absolute atomic E-state index is 0.127. The van der Waals surface area contributed by atoms with Gasteiger partial charge in [0.05, 0.1) is 21.5 Å². The molecule has 1 aromatic heterocycles. The number of aromatic nitrogens is 3. The normalized spacial score (nSPS) is 11.0. The molecular weight excluding hydrogens is 529 g/mol. The van der Waals surface area contributed by atoms with Crippen molar-refractivity contribution in [1.82, 2.24) is 14.8 Å². The Labute approximate surface area is 228 Å². The van der Waals surface area contributed by atoms with Crippen LogP contribution < -0.4 is 10.6 Å². The Bertz CT molecular complexity index is 1420. The summed E-state index contributed by atoms with van der Waals surface area (Å²) in [5.74, 6) is 0.347. The number of carbonyl (C=O) groups is 2. The molecule has 0 bridgehead atoms. The van der Waals surface area contributed by atoms with Gasteiger partial charge in [-0.2, -0.15) is 0 Å². The summed E-state index contributed by atoms with van der Waals surface area (Å²) in [6, 6.07) is 22.0. The number of rotatable bonds is 9. The van der Waals surface area contributed by atoms with E-state index in [0.29, 0.717) is 38.9 Å². The van der Waals surface area contributed by atoms with Gasteiger partial charge in [-0.05, 0) is 55.0 Å². The average Bonchev–Trinajstić information content (AvgIpc) is 3.33. The van der Waals surface area contributed by atoms with E-state index in [2.05, 4.69) is 20.8 Å². The molecule has 0 saturated heterocycles. The first kappa shape index (κ1) is 26.5. The van der Waals surface area contributed by atoms with Crippen LogP contribution in [-0.4, -0.2) is 32.3 Å². The van der Waals surface area contributed by atoms with Gasteiger partial charge in [0.1, 0.15) is 0 Å². The summed E-state index contributed by atoms with van der Waals surface area (Å²) in [5.41, 5.74) is 2.92. The van der Waals surface area contributed by atoms with Crippen LogP contribution in [0.2, 0.25) is 10.0 Å². The lowest BCUT2D eigenvalue weighted by atomic mass is 10.2. The fourth-order valence-corrected chi connectivity index (χ4v) is 4.58. The number of hydrogen-bond acceptors (Lipinski definition) is 5. The number of halogens is 2. The van der Waals surface area contributed by atoms with Crippen LogP contribution in [0.3, 0.4) is 0 Å². The number of amides is 2. The highest BCUT2D eigenvalue weighted by Gasteiger charge is 2.16. The molecule has 4 aromatic rings. The molecule has 3 aromatic carbocycles. The lowest BCUT2D eigenvalue weighted by molar-refractivity contribution is -0.114. The third-order valence-corrected chi connectivity index (χ3v) is 7.01. The van der Waals surface area contributed by atoms with E-state index in [1.54, 1.807) is 24.3 Å². The molecule has 188 valence electrons. The van der Waals surface area contributed by atoms with Crippen LogP contribution in [0.4, 0.5) is 11.4 Å². The largest absolute Gasteiger partial charge is 0.324 e. The van der Waals surface area contributed by atoms with Gasteiger partial charge >= 0.3 is 0 Å². The zero-order chi connectivity index (χ0) is 26.2. The van der Waals surface area contributed by atoms with Crippen molar-refractivity contribution >= 4 is 64.2 Å². The Balaban J connectivity index is 1.37. The van der Waals surface area contributed by atoms with Crippen molar-refractivity contribution in [2.75, 3.05) is 16.4 Å². The van der Waals surface area contributed by atoms with Gasteiger partial charge in [0.2, 0.25) is 11.8 Å². The summed E-state index contributed by atoms with van der Waals surface area (Å²) in [6.45, 7) is 2.60. The molecule has 1 heterocycles. The topological polar surface area (TPSA) is 88.9 Å². The van der Waals surface area contributed by atoms with Crippen LogP contribution in [0.1, 0.15) is 12.5 Å². The Morgan fingerprint density at radius 1 is 0.946 bits per heavy atom. The first-order valence-electron chi connectivity index (χ1n) is 11.4. The minimum Gasteiger partial charge on any atom is -0.324 e. The van der Waals surface area contributed by atoms with Gasteiger partial charge in [-0.25, -0.2) is 0 Å². The van der Waals surface area contributed by atoms with Crippen LogP contribution in [0, 0.1) is 0 Å². The fourth-order valence-electron chi connectivity index (χ4n) is 3.43. The molecule has 0 atom stereocenters. The van der Waals surface area contributed by atoms with E-state index >= 15 is 0 Å². The maximum Gasteiger partial charge on any atom is 0.248 e. The van der Waals surface area contributed by atoms with Crippen LogP contribution in [-0.2, 0) is 16.1 Å². The molecule has 7 nitrogen and oxygen atoms in total. The Morgan fingerprint density at radius 3 is 2.43 bits per heavy atom. The average molecular weight is 552 g/mol. The van der Waals surface area contributed by atoms with Gasteiger partial charge in [0, 0.05) is 23.9 Å². The second-order valence-corrected chi connectivity index (χ2v) is 9.53. The number of carbonyl (C=O) groups excluding carboxylic acids is 2. The van der Waals surface area contributed by atoms with Gasteiger partial charge < -0.3 is 15.2 Å². The monoisotopic (exact) mass is 551 g/mol. The van der Waals surface area contributed by atoms with Crippen molar-refractivity contribution < 1.29 is 9.59 Å². The summed E-state index contributed by atoms with van der Waals surface area (Å²) >= 11 is 13.4. The Kier molecular flexibility index (Phi) is 9.00. The van der Waals surface area contributed by atoms with Gasteiger partial charge in [-0.1, -0.05) is 71.4 Å². The SMILES string of the molecule is CCn1c(SCC(=O)Nc2cccc(Cl)c2Cl)nnc1-c1ccc(NC(=O)/C=C/c2ccccc2)cc1. The van der Waals surface area contributed by atoms with E-state index in [1.165, 1.54) is 17.8 Å². The summed E-state index contributed by atoms with van der Waals surface area (Å²) in [7, 11) is 0. The van der Waals surface area contributed by atoms with Crippen LogP contribution in [0.5, 0.6) is 0 Å². The number of benzene rings is 3. The quantitative estimate of drug-likeness (QED) is 0.179. The summed E-state index contributed by atoms with van der Waals surface area (Å²) in [5, 5.41) is 15.5. The highest BCUT2D eigenvalue weighted by Crippen LogP contribution is 2.30. The molecule has 0 radical (unpaired) electrons. The fraction of sp³-hybridized carbons (Fsp3) is 0.111. The van der Waals surface area contributed by atoms with Crippen molar-refractivity contribution in [3.05, 3.63) is 94.5 Å². The molecule has 0 aliphatic heterocycles. The predicted molar refractivity (Wildman–Crippen MR) is 151 cm³/mol. The molecule has 0 fully saturated rings. The highest BCUT2D eigenvalue weighted by atomic mass is 35.5. The maximum atomic E-state index is 12.4. The Morgan fingerprint density at radius 2 is 1.70 bits per heavy atom. The van der Waals surface area contributed by atoms with Gasteiger partial charge in [0.15, 0.2) is 11.0 Å². The standard InChI is InChI=1S/C27H23Cl2N5O2S/c1-2-34-26(32-33-27(34)37-17-24(36)31-22-10-6-9-21(28)25(22)29)19-12-14-20(15-13-19)30-23(35)16-11-18-7-4-3-5-8-18/h3-16H,2,17H2,1H3,(H,30,35)(H,31,36)/b16-11+. The lowest BCUT2D eigenvalue weighted by Crippen LogP contribution is -2.15. The smallest absolute Gasteiger partial charge is 0.248 e. The summed E-state index contributed by atoms with van der Waals surface area (Å²) in [4.78, 5) is 24.7. The number of thioether (sulfide) groups is 1. The molecule has 10 heteroatoms.